The first-order valence-electron chi connectivity index (χ1n) is 8.32. The lowest BCUT2D eigenvalue weighted by molar-refractivity contribution is -0.113. The Kier molecular flexibility index (Phi) is 6.81. The van der Waals surface area contributed by atoms with Crippen molar-refractivity contribution in [2.24, 2.45) is 7.05 Å². The van der Waals surface area contributed by atoms with Gasteiger partial charge in [-0.25, -0.2) is 0 Å². The van der Waals surface area contributed by atoms with Gasteiger partial charge in [0.05, 0.1) is 16.5 Å². The number of aryl methyl sites for hydroxylation is 1. The highest BCUT2D eigenvalue weighted by Gasteiger charge is 2.15. The van der Waals surface area contributed by atoms with Gasteiger partial charge < -0.3 is 9.88 Å². The first-order valence-corrected chi connectivity index (χ1v) is 10.9. The van der Waals surface area contributed by atoms with Gasteiger partial charge in [0.25, 0.3) is 0 Å². The molecule has 1 N–H and O–H groups in total. The van der Waals surface area contributed by atoms with Crippen LogP contribution in [-0.2, 0) is 18.3 Å². The molecule has 0 aliphatic rings. The number of rotatable bonds is 7. The van der Waals surface area contributed by atoms with Crippen molar-refractivity contribution in [2.45, 2.75) is 24.9 Å². The van der Waals surface area contributed by atoms with Crippen LogP contribution in [0.2, 0.25) is 10.0 Å². The molecule has 0 aliphatic heterocycles. The van der Waals surface area contributed by atoms with Crippen molar-refractivity contribution in [3.8, 4) is 11.4 Å². The number of halogens is 2. The van der Waals surface area contributed by atoms with Crippen LogP contribution in [0.3, 0.4) is 0 Å². The Balaban J connectivity index is 1.62. The fourth-order valence-electron chi connectivity index (χ4n) is 2.47. The van der Waals surface area contributed by atoms with Crippen LogP contribution in [0.4, 0.5) is 5.69 Å². The molecule has 3 aromatic rings. The Morgan fingerprint density at radius 2 is 2.11 bits per heavy atom. The molecule has 0 atom stereocenters. The number of carbonyl (C=O) groups is 1. The van der Waals surface area contributed by atoms with Gasteiger partial charge >= 0.3 is 0 Å². The molecule has 0 aliphatic carbocycles. The number of hydrogen-bond acceptors (Lipinski definition) is 5. The molecule has 2 aromatic heterocycles. The molecule has 0 bridgehead atoms. The molecule has 0 spiro atoms. The molecular weight excluding hydrogens is 423 g/mol. The first-order chi connectivity index (χ1) is 13.0. The van der Waals surface area contributed by atoms with Crippen LogP contribution in [0, 0.1) is 0 Å². The lowest BCUT2D eigenvalue weighted by Gasteiger charge is -2.07. The SMILES string of the molecule is CCCc1cc(-c2nnc(SCC(=O)Nc3ccc(Cl)cc3Cl)n2C)cs1. The van der Waals surface area contributed by atoms with E-state index in [9.17, 15) is 4.79 Å². The average Bonchev–Trinajstić information content (AvgIpc) is 3.22. The van der Waals surface area contributed by atoms with E-state index in [4.69, 9.17) is 23.2 Å². The number of thioether (sulfide) groups is 1. The molecule has 0 radical (unpaired) electrons. The Labute approximate surface area is 176 Å². The van der Waals surface area contributed by atoms with Crippen LogP contribution >= 0.6 is 46.3 Å². The molecule has 0 saturated heterocycles. The topological polar surface area (TPSA) is 59.8 Å². The lowest BCUT2D eigenvalue weighted by Crippen LogP contribution is -2.14. The molecule has 1 amide bonds. The van der Waals surface area contributed by atoms with E-state index in [-0.39, 0.29) is 11.7 Å². The summed E-state index contributed by atoms with van der Waals surface area (Å²) in [4.78, 5) is 13.5. The smallest absolute Gasteiger partial charge is 0.234 e. The maximum Gasteiger partial charge on any atom is 0.234 e. The molecular formula is C18H18Cl2N4OS2. The maximum absolute atomic E-state index is 12.2. The van der Waals surface area contributed by atoms with Crippen molar-refractivity contribution in [3.63, 3.8) is 0 Å². The Morgan fingerprint density at radius 3 is 2.85 bits per heavy atom. The Morgan fingerprint density at radius 1 is 1.30 bits per heavy atom. The van der Waals surface area contributed by atoms with Crippen LogP contribution in [0.25, 0.3) is 11.4 Å². The van der Waals surface area contributed by atoms with Gasteiger partial charge in [-0.3, -0.25) is 4.79 Å². The third kappa shape index (κ3) is 5.04. The van der Waals surface area contributed by atoms with E-state index in [1.807, 2.05) is 11.6 Å². The van der Waals surface area contributed by atoms with Gasteiger partial charge in [-0.05, 0) is 30.7 Å². The van der Waals surface area contributed by atoms with E-state index >= 15 is 0 Å². The van der Waals surface area contributed by atoms with Crippen LogP contribution in [0.15, 0.2) is 34.8 Å². The van der Waals surface area contributed by atoms with E-state index in [0.717, 1.165) is 24.2 Å². The number of amides is 1. The van der Waals surface area contributed by atoms with Crippen molar-refractivity contribution < 1.29 is 4.79 Å². The highest BCUT2D eigenvalue weighted by atomic mass is 35.5. The van der Waals surface area contributed by atoms with Crippen LogP contribution in [0.5, 0.6) is 0 Å². The number of benzene rings is 1. The van der Waals surface area contributed by atoms with Crippen molar-refractivity contribution >= 4 is 57.9 Å². The number of thiophene rings is 1. The minimum atomic E-state index is -0.172. The summed E-state index contributed by atoms with van der Waals surface area (Å²) in [5.41, 5.74) is 1.59. The summed E-state index contributed by atoms with van der Waals surface area (Å²) in [5, 5.41) is 15.0. The minimum absolute atomic E-state index is 0.172. The number of aromatic nitrogens is 3. The molecule has 1 aromatic carbocycles. The molecule has 0 unspecified atom stereocenters. The average molecular weight is 441 g/mol. The molecule has 0 fully saturated rings. The van der Waals surface area contributed by atoms with Gasteiger partial charge in [0.2, 0.25) is 5.91 Å². The number of nitrogens with zero attached hydrogens (tertiary/aromatic N) is 3. The second-order valence-electron chi connectivity index (χ2n) is 5.88. The molecule has 9 heteroatoms. The second-order valence-corrected chi connectivity index (χ2v) is 8.66. The quantitative estimate of drug-likeness (QED) is 0.490. The van der Waals surface area contributed by atoms with Crippen molar-refractivity contribution in [1.82, 2.24) is 14.8 Å². The van der Waals surface area contributed by atoms with Crippen molar-refractivity contribution in [3.05, 3.63) is 44.6 Å². The number of nitrogens with one attached hydrogen (secondary N) is 1. The van der Waals surface area contributed by atoms with E-state index in [0.29, 0.717) is 20.9 Å². The molecule has 0 saturated carbocycles. The van der Waals surface area contributed by atoms with E-state index in [1.165, 1.54) is 16.6 Å². The molecule has 2 heterocycles. The third-order valence-electron chi connectivity index (χ3n) is 3.78. The fraction of sp³-hybridized carbons (Fsp3) is 0.278. The summed E-state index contributed by atoms with van der Waals surface area (Å²) in [6, 6.07) is 7.10. The molecule has 27 heavy (non-hydrogen) atoms. The summed E-state index contributed by atoms with van der Waals surface area (Å²) in [7, 11) is 1.91. The highest BCUT2D eigenvalue weighted by molar-refractivity contribution is 7.99. The lowest BCUT2D eigenvalue weighted by atomic mass is 10.2. The van der Waals surface area contributed by atoms with E-state index < -0.39 is 0 Å². The highest BCUT2D eigenvalue weighted by Crippen LogP contribution is 2.28. The molecule has 3 rings (SSSR count). The van der Waals surface area contributed by atoms with Gasteiger partial charge in [-0.2, -0.15) is 0 Å². The van der Waals surface area contributed by atoms with Crippen molar-refractivity contribution in [1.29, 1.82) is 0 Å². The Bertz CT molecular complexity index is 955. The van der Waals surface area contributed by atoms with Crippen LogP contribution < -0.4 is 5.32 Å². The predicted molar refractivity (Wildman–Crippen MR) is 114 cm³/mol. The van der Waals surface area contributed by atoms with Gasteiger partial charge in [0.1, 0.15) is 0 Å². The van der Waals surface area contributed by atoms with Crippen LogP contribution in [0.1, 0.15) is 18.2 Å². The monoisotopic (exact) mass is 440 g/mol. The predicted octanol–water partition coefficient (Wildman–Crippen LogP) is 5.53. The summed E-state index contributed by atoms with van der Waals surface area (Å²) >= 11 is 15.0. The summed E-state index contributed by atoms with van der Waals surface area (Å²) in [5.74, 6) is 0.835. The zero-order valence-corrected chi connectivity index (χ0v) is 18.0. The maximum atomic E-state index is 12.2. The summed E-state index contributed by atoms with van der Waals surface area (Å²) < 4.78 is 1.91. The van der Waals surface area contributed by atoms with Crippen LogP contribution in [-0.4, -0.2) is 26.4 Å². The number of carbonyl (C=O) groups excluding carboxylic acids is 1. The standard InChI is InChI=1S/C18H18Cl2N4OS2/c1-3-4-13-7-11(9-26-13)17-22-23-18(24(17)2)27-10-16(25)21-15-6-5-12(19)8-14(15)20/h5-9H,3-4,10H2,1-2H3,(H,21,25). The van der Waals surface area contributed by atoms with Gasteiger partial charge in [-0.1, -0.05) is 48.3 Å². The van der Waals surface area contributed by atoms with E-state index in [2.05, 4.69) is 33.9 Å². The zero-order chi connectivity index (χ0) is 19.4. The second kappa shape index (κ2) is 9.10. The normalized spacial score (nSPS) is 11.0. The summed E-state index contributed by atoms with van der Waals surface area (Å²) in [6.07, 6.45) is 2.18. The van der Waals surface area contributed by atoms with Gasteiger partial charge in [0, 0.05) is 27.9 Å². The van der Waals surface area contributed by atoms with E-state index in [1.54, 1.807) is 29.5 Å². The molecule has 5 nitrogen and oxygen atoms in total. The third-order valence-corrected chi connectivity index (χ3v) is 6.35. The number of anilines is 1. The van der Waals surface area contributed by atoms with Gasteiger partial charge in [-0.15, -0.1) is 21.5 Å². The van der Waals surface area contributed by atoms with Gasteiger partial charge in [0.15, 0.2) is 11.0 Å². The van der Waals surface area contributed by atoms with Crippen molar-refractivity contribution in [2.75, 3.05) is 11.1 Å². The first kappa shape index (κ1) is 20.2. The minimum Gasteiger partial charge on any atom is -0.324 e. The summed E-state index contributed by atoms with van der Waals surface area (Å²) in [6.45, 7) is 2.17. The zero-order valence-electron chi connectivity index (χ0n) is 14.8. The number of hydrogen-bond donors (Lipinski definition) is 1. The Hall–Kier alpha value is -1.54. The molecule has 142 valence electrons. The largest absolute Gasteiger partial charge is 0.324 e. The fourth-order valence-corrected chi connectivity index (χ4v) is 4.61.